The molecule has 0 spiro atoms. The molecule has 0 atom stereocenters. The second-order valence-electron chi connectivity index (χ2n) is 3.10. The van der Waals surface area contributed by atoms with Crippen molar-refractivity contribution in [3.63, 3.8) is 0 Å². The number of hydrogen-bond donors (Lipinski definition) is 2. The van der Waals surface area contributed by atoms with Gasteiger partial charge in [-0.25, -0.2) is 17.5 Å². The first-order valence-corrected chi connectivity index (χ1v) is 6.87. The first-order valence-electron chi connectivity index (χ1n) is 4.52. The zero-order valence-corrected chi connectivity index (χ0v) is 11.4. The molecule has 1 N–H and O–H groups in total. The van der Waals surface area contributed by atoms with Gasteiger partial charge in [-0.05, 0) is 40.4 Å². The Kier molecular flexibility index (Phi) is 5.68. The Balaban J connectivity index is 2.58. The van der Waals surface area contributed by atoms with Crippen LogP contribution in [0.25, 0.3) is 0 Å². The average Bonchev–Trinajstić information content (AvgIpc) is 2.23. The lowest BCUT2D eigenvalue weighted by atomic mass is 10.1. The molecule has 0 saturated carbocycles. The van der Waals surface area contributed by atoms with E-state index in [1.165, 1.54) is 6.07 Å². The second kappa shape index (κ2) is 6.54. The number of thiol groups is 1. The van der Waals surface area contributed by atoms with Gasteiger partial charge < -0.3 is 0 Å². The van der Waals surface area contributed by atoms with Crippen molar-refractivity contribution < 1.29 is 12.8 Å². The minimum Gasteiger partial charge on any atom is -0.218 e. The van der Waals surface area contributed by atoms with Crippen LogP contribution in [-0.4, -0.2) is 15.0 Å². The highest BCUT2D eigenvalue weighted by molar-refractivity contribution is 9.10. The molecular formula is C9H10BrClFNO2S. The summed E-state index contributed by atoms with van der Waals surface area (Å²) in [6.07, 6.45) is 1.20. The van der Waals surface area contributed by atoms with Gasteiger partial charge in [-0.15, -0.1) is 0 Å². The minimum absolute atomic E-state index is 0.245. The highest BCUT2D eigenvalue weighted by Crippen LogP contribution is 2.29. The van der Waals surface area contributed by atoms with Crippen LogP contribution in [0.5, 0.6) is 0 Å². The van der Waals surface area contributed by atoms with Gasteiger partial charge in [-0.3, -0.25) is 0 Å². The van der Waals surface area contributed by atoms with Crippen LogP contribution in [-0.2, 0) is 17.3 Å². The van der Waals surface area contributed by atoms with Crippen LogP contribution in [0.15, 0.2) is 16.6 Å². The van der Waals surface area contributed by atoms with Gasteiger partial charge in [0.25, 0.3) is 0 Å². The van der Waals surface area contributed by atoms with Crippen molar-refractivity contribution in [1.29, 1.82) is 0 Å². The first kappa shape index (κ1) is 13.9. The van der Waals surface area contributed by atoms with Crippen molar-refractivity contribution in [3.8, 4) is 0 Å². The molecule has 0 aromatic heterocycles. The van der Waals surface area contributed by atoms with E-state index in [0.717, 1.165) is 5.56 Å². The predicted molar refractivity (Wildman–Crippen MR) is 65.7 cm³/mol. The molecule has 1 aromatic carbocycles. The van der Waals surface area contributed by atoms with Gasteiger partial charge in [0.05, 0.1) is 9.50 Å². The molecule has 0 aliphatic rings. The van der Waals surface area contributed by atoms with Crippen LogP contribution in [0.4, 0.5) is 4.39 Å². The molecule has 0 fully saturated rings. The maximum atomic E-state index is 13.0. The molecule has 1 rings (SSSR count). The quantitative estimate of drug-likeness (QED) is 0.494. The molecule has 90 valence electrons. The molecule has 0 saturated heterocycles. The summed E-state index contributed by atoms with van der Waals surface area (Å²) >= 11 is 8.96. The summed E-state index contributed by atoms with van der Waals surface area (Å²) in [5.74, 6) is -0.408. The van der Waals surface area contributed by atoms with Crippen LogP contribution >= 0.6 is 27.5 Å². The molecule has 0 bridgehead atoms. The number of nitrogens with one attached hydrogen (secondary N) is 1. The Bertz CT molecular complexity index is 445. The Morgan fingerprint density at radius 3 is 2.75 bits per heavy atom. The number of aryl methyl sites for hydroxylation is 1. The third kappa shape index (κ3) is 4.01. The van der Waals surface area contributed by atoms with E-state index < -0.39 is 16.7 Å². The van der Waals surface area contributed by atoms with Gasteiger partial charge in [-0.1, -0.05) is 17.7 Å². The summed E-state index contributed by atoms with van der Waals surface area (Å²) in [5.41, 5.74) is 0.790. The Morgan fingerprint density at radius 1 is 1.44 bits per heavy atom. The third-order valence-corrected chi connectivity index (χ3v) is 3.90. The van der Waals surface area contributed by atoms with E-state index in [2.05, 4.69) is 20.7 Å². The van der Waals surface area contributed by atoms with Gasteiger partial charge >= 0.3 is 0 Å². The van der Waals surface area contributed by atoms with E-state index in [-0.39, 0.29) is 4.47 Å². The topological polar surface area (TPSA) is 46.2 Å². The summed E-state index contributed by atoms with van der Waals surface area (Å²) in [5, 5.41) is 0.339. The normalized spacial score (nSPS) is 11.0. The average molecular weight is 331 g/mol. The summed E-state index contributed by atoms with van der Waals surface area (Å²) in [6.45, 7) is 0.351. The van der Waals surface area contributed by atoms with Gasteiger partial charge in [-0.2, -0.15) is 0 Å². The number of halogens is 3. The van der Waals surface area contributed by atoms with E-state index in [4.69, 9.17) is 11.6 Å². The van der Waals surface area contributed by atoms with E-state index >= 15 is 0 Å². The molecule has 0 heterocycles. The molecule has 3 nitrogen and oxygen atoms in total. The zero-order chi connectivity index (χ0) is 12.1. The van der Waals surface area contributed by atoms with Crippen LogP contribution in [0, 0.1) is 5.82 Å². The molecule has 7 heteroatoms. The van der Waals surface area contributed by atoms with E-state index in [1.54, 1.807) is 6.07 Å². The molecular weight excluding hydrogens is 321 g/mol. The summed E-state index contributed by atoms with van der Waals surface area (Å²) in [7, 11) is -2.55. The highest BCUT2D eigenvalue weighted by Gasteiger charge is 2.08. The standard InChI is InChI=1S/C9H10BrClFNO2S/c10-8-7(12)4-3-6(9(8)11)2-1-5-13-16(14)15/h3-4,16H,1-2,5H2,(H,13,14,15). The molecule has 0 aliphatic carbocycles. The second-order valence-corrected chi connectivity index (χ2v) is 5.10. The maximum absolute atomic E-state index is 13.0. The van der Waals surface area contributed by atoms with E-state index in [9.17, 15) is 12.8 Å². The molecule has 1 aromatic rings. The summed E-state index contributed by atoms with van der Waals surface area (Å²) in [4.78, 5) is 0. The Morgan fingerprint density at radius 2 is 2.12 bits per heavy atom. The fourth-order valence-corrected chi connectivity index (χ4v) is 2.18. The lowest BCUT2D eigenvalue weighted by molar-refractivity contribution is 0.599. The van der Waals surface area contributed by atoms with Gasteiger partial charge in [0.1, 0.15) is 5.82 Å². The molecule has 0 radical (unpaired) electrons. The minimum atomic E-state index is -2.55. The van der Waals surface area contributed by atoms with Gasteiger partial charge in [0.2, 0.25) is 10.9 Å². The number of hydrogen-bond acceptors (Lipinski definition) is 2. The van der Waals surface area contributed by atoms with E-state index in [1.807, 2.05) is 0 Å². The molecule has 16 heavy (non-hydrogen) atoms. The van der Waals surface area contributed by atoms with Crippen LogP contribution in [0.3, 0.4) is 0 Å². The lowest BCUT2D eigenvalue weighted by Crippen LogP contribution is -2.13. The summed E-state index contributed by atoms with van der Waals surface area (Å²) in [6, 6.07) is 2.92. The van der Waals surface area contributed by atoms with Crippen molar-refractivity contribution in [1.82, 2.24) is 4.72 Å². The molecule has 0 unspecified atom stereocenters. The largest absolute Gasteiger partial charge is 0.218 e. The Labute approximate surface area is 108 Å². The monoisotopic (exact) mass is 329 g/mol. The smallest absolute Gasteiger partial charge is 0.201 e. The van der Waals surface area contributed by atoms with Gasteiger partial charge in [0.15, 0.2) is 0 Å². The van der Waals surface area contributed by atoms with E-state index in [0.29, 0.717) is 24.4 Å². The summed E-state index contributed by atoms with van der Waals surface area (Å²) < 4.78 is 36.0. The molecule has 0 amide bonds. The number of benzene rings is 1. The third-order valence-electron chi connectivity index (χ3n) is 1.98. The van der Waals surface area contributed by atoms with Crippen molar-refractivity contribution >= 4 is 38.4 Å². The zero-order valence-electron chi connectivity index (χ0n) is 8.17. The molecule has 0 aliphatic heterocycles. The van der Waals surface area contributed by atoms with Crippen molar-refractivity contribution in [2.24, 2.45) is 0 Å². The van der Waals surface area contributed by atoms with Gasteiger partial charge in [0, 0.05) is 6.54 Å². The highest BCUT2D eigenvalue weighted by atomic mass is 79.9. The van der Waals surface area contributed by atoms with Crippen LogP contribution in [0.1, 0.15) is 12.0 Å². The van der Waals surface area contributed by atoms with Crippen LogP contribution in [0.2, 0.25) is 5.02 Å². The SMILES string of the molecule is O=[SH](=O)NCCCc1ccc(F)c(Br)c1Cl. The van der Waals surface area contributed by atoms with Crippen molar-refractivity contribution in [2.45, 2.75) is 12.8 Å². The first-order chi connectivity index (χ1) is 7.52. The lowest BCUT2D eigenvalue weighted by Gasteiger charge is -2.06. The van der Waals surface area contributed by atoms with Crippen LogP contribution < -0.4 is 4.72 Å². The predicted octanol–water partition coefficient (Wildman–Crippen LogP) is 2.29. The van der Waals surface area contributed by atoms with Crippen molar-refractivity contribution in [2.75, 3.05) is 6.54 Å². The fraction of sp³-hybridized carbons (Fsp3) is 0.333. The Hall–Kier alpha value is -0.170. The maximum Gasteiger partial charge on any atom is 0.201 e. The fourth-order valence-electron chi connectivity index (χ4n) is 1.21. The number of rotatable bonds is 5. The van der Waals surface area contributed by atoms with Crippen molar-refractivity contribution in [3.05, 3.63) is 33.0 Å².